The molecule has 0 atom stereocenters. The molecule has 12 nitrogen and oxygen atoms in total. The van der Waals surface area contributed by atoms with E-state index in [1.165, 1.54) is 4.90 Å². The van der Waals surface area contributed by atoms with Crippen molar-refractivity contribution in [3.8, 4) is 0 Å². The molecule has 0 aromatic heterocycles. The minimum atomic E-state index is -0.790. The van der Waals surface area contributed by atoms with Gasteiger partial charge in [0.25, 0.3) is 11.8 Å². The van der Waals surface area contributed by atoms with Crippen molar-refractivity contribution in [2.24, 2.45) is 10.8 Å². The first-order chi connectivity index (χ1) is 19.3. The summed E-state index contributed by atoms with van der Waals surface area (Å²) in [6, 6.07) is 0. The predicted octanol–water partition coefficient (Wildman–Crippen LogP) is 3.87. The SMILES string of the molecule is CC(C)(C)CN(CCN(CCN(CC(=O)OC(C)(C)C)C(=O)OC(C)(C)C)CC(=O)ON1C(=O)CCC1=O)CC(C)(C)C. The maximum Gasteiger partial charge on any atom is 0.410 e. The van der Waals surface area contributed by atoms with Crippen LogP contribution in [0, 0.1) is 10.8 Å². The van der Waals surface area contributed by atoms with Gasteiger partial charge < -0.3 is 19.2 Å². The molecule has 1 rings (SSSR count). The highest BCUT2D eigenvalue weighted by Crippen LogP contribution is 2.21. The Morgan fingerprint density at radius 2 is 1.07 bits per heavy atom. The zero-order valence-electron chi connectivity index (χ0n) is 28.6. The average Bonchev–Trinajstić information content (AvgIpc) is 3.07. The van der Waals surface area contributed by atoms with Gasteiger partial charge in [0.05, 0.1) is 6.54 Å². The normalized spacial score (nSPS) is 14.9. The summed E-state index contributed by atoms with van der Waals surface area (Å²) in [5.41, 5.74) is -1.46. The largest absolute Gasteiger partial charge is 0.459 e. The summed E-state index contributed by atoms with van der Waals surface area (Å²) in [5.74, 6) is -2.46. The van der Waals surface area contributed by atoms with E-state index in [0.717, 1.165) is 13.1 Å². The van der Waals surface area contributed by atoms with Crippen molar-refractivity contribution >= 4 is 29.8 Å². The Morgan fingerprint density at radius 3 is 1.51 bits per heavy atom. The van der Waals surface area contributed by atoms with Gasteiger partial charge in [-0.3, -0.25) is 24.2 Å². The van der Waals surface area contributed by atoms with Gasteiger partial charge in [-0.15, -0.1) is 5.06 Å². The molecule has 0 bridgehead atoms. The lowest BCUT2D eigenvalue weighted by molar-refractivity contribution is -0.198. The zero-order valence-corrected chi connectivity index (χ0v) is 28.6. The number of hydrogen-bond donors (Lipinski definition) is 0. The number of carbonyl (C=O) groups excluding carboxylic acids is 5. The minimum absolute atomic E-state index is 0.0000914. The Hall–Kier alpha value is -2.73. The highest BCUT2D eigenvalue weighted by Gasteiger charge is 2.34. The van der Waals surface area contributed by atoms with Gasteiger partial charge in [-0.25, -0.2) is 9.59 Å². The van der Waals surface area contributed by atoms with Crippen molar-refractivity contribution < 1.29 is 38.3 Å². The highest BCUT2D eigenvalue weighted by atomic mass is 16.7. The molecule has 0 spiro atoms. The smallest absolute Gasteiger partial charge is 0.410 e. The van der Waals surface area contributed by atoms with E-state index in [4.69, 9.17) is 14.3 Å². The molecule has 0 saturated carbocycles. The van der Waals surface area contributed by atoms with E-state index in [2.05, 4.69) is 46.4 Å². The van der Waals surface area contributed by atoms with Gasteiger partial charge >= 0.3 is 18.0 Å². The molecule has 0 aromatic rings. The van der Waals surface area contributed by atoms with Crippen molar-refractivity contribution in [1.82, 2.24) is 19.8 Å². The van der Waals surface area contributed by atoms with Crippen molar-refractivity contribution in [1.29, 1.82) is 0 Å². The van der Waals surface area contributed by atoms with Gasteiger partial charge in [-0.1, -0.05) is 41.5 Å². The lowest BCUT2D eigenvalue weighted by Gasteiger charge is -2.36. The topological polar surface area (TPSA) is 126 Å². The van der Waals surface area contributed by atoms with Crippen LogP contribution < -0.4 is 0 Å². The van der Waals surface area contributed by atoms with Crippen LogP contribution in [0.3, 0.4) is 0 Å². The summed E-state index contributed by atoms with van der Waals surface area (Å²) in [4.78, 5) is 73.1. The third kappa shape index (κ3) is 17.2. The van der Waals surface area contributed by atoms with E-state index in [1.54, 1.807) is 46.4 Å². The monoisotopic (exact) mass is 612 g/mol. The Morgan fingerprint density at radius 1 is 0.628 bits per heavy atom. The summed E-state index contributed by atoms with van der Waals surface area (Å²) in [7, 11) is 0. The number of hydroxylamine groups is 2. The lowest BCUT2D eigenvalue weighted by Crippen LogP contribution is -2.48. The van der Waals surface area contributed by atoms with E-state index in [0.29, 0.717) is 18.2 Å². The Labute approximate surface area is 258 Å². The molecule has 1 fully saturated rings. The van der Waals surface area contributed by atoms with E-state index in [-0.39, 0.29) is 49.9 Å². The third-order valence-corrected chi connectivity index (χ3v) is 5.76. The number of ether oxygens (including phenoxy) is 2. The van der Waals surface area contributed by atoms with E-state index in [9.17, 15) is 24.0 Å². The molecular formula is C31H56N4O8. The second-order valence-corrected chi connectivity index (χ2v) is 15.6. The molecular weight excluding hydrogens is 556 g/mol. The fraction of sp³-hybridized carbons (Fsp3) is 0.839. The number of nitrogens with zero attached hydrogens (tertiary/aromatic N) is 4. The van der Waals surface area contributed by atoms with Crippen LogP contribution in [-0.2, 0) is 33.5 Å². The molecule has 0 radical (unpaired) electrons. The van der Waals surface area contributed by atoms with Crippen LogP contribution in [0.1, 0.15) is 95.9 Å². The van der Waals surface area contributed by atoms with E-state index >= 15 is 0 Å². The number of amides is 3. The molecule has 1 saturated heterocycles. The zero-order chi connectivity index (χ0) is 33.4. The number of imide groups is 1. The lowest BCUT2D eigenvalue weighted by atomic mass is 9.92. The maximum atomic E-state index is 13.1. The molecule has 0 aromatic carbocycles. The number of rotatable bonds is 13. The quantitative estimate of drug-likeness (QED) is 0.224. The molecule has 12 heteroatoms. The molecule has 0 N–H and O–H groups in total. The first kappa shape index (κ1) is 38.3. The van der Waals surface area contributed by atoms with Crippen LogP contribution in [0.15, 0.2) is 0 Å². The fourth-order valence-corrected chi connectivity index (χ4v) is 4.43. The molecule has 0 aliphatic carbocycles. The summed E-state index contributed by atoms with van der Waals surface area (Å²) in [5, 5.41) is 0.529. The van der Waals surface area contributed by atoms with Crippen LogP contribution >= 0.6 is 0 Å². The van der Waals surface area contributed by atoms with Gasteiger partial charge in [-0.05, 0) is 52.4 Å². The first-order valence-electron chi connectivity index (χ1n) is 15.0. The number of esters is 1. The Kier molecular flexibility index (Phi) is 13.6. The first-order valence-corrected chi connectivity index (χ1v) is 15.0. The fourth-order valence-electron chi connectivity index (χ4n) is 4.43. The van der Waals surface area contributed by atoms with Gasteiger partial charge in [0, 0.05) is 52.1 Å². The van der Waals surface area contributed by atoms with Crippen molar-refractivity contribution in [3.05, 3.63) is 0 Å². The molecule has 1 aliphatic heterocycles. The maximum absolute atomic E-state index is 13.1. The Balaban J connectivity index is 3.16. The molecule has 0 unspecified atom stereocenters. The van der Waals surface area contributed by atoms with Crippen LogP contribution in [0.25, 0.3) is 0 Å². The number of carbonyl (C=O) groups is 5. The summed E-state index contributed by atoms with van der Waals surface area (Å²) < 4.78 is 11.0. The van der Waals surface area contributed by atoms with Crippen LogP contribution in [0.4, 0.5) is 4.79 Å². The average molecular weight is 613 g/mol. The molecule has 43 heavy (non-hydrogen) atoms. The van der Waals surface area contributed by atoms with Gasteiger partial charge in [0.15, 0.2) is 0 Å². The minimum Gasteiger partial charge on any atom is -0.459 e. The van der Waals surface area contributed by atoms with Gasteiger partial charge in [0.1, 0.15) is 17.7 Å². The second-order valence-electron chi connectivity index (χ2n) is 15.6. The molecule has 248 valence electrons. The third-order valence-electron chi connectivity index (χ3n) is 5.76. The van der Waals surface area contributed by atoms with Crippen molar-refractivity contribution in [2.75, 3.05) is 52.4 Å². The second kappa shape index (κ2) is 15.3. The van der Waals surface area contributed by atoms with Crippen LogP contribution in [0.5, 0.6) is 0 Å². The van der Waals surface area contributed by atoms with E-state index in [1.807, 2.05) is 0 Å². The highest BCUT2D eigenvalue weighted by molar-refractivity contribution is 6.01. The summed E-state index contributed by atoms with van der Waals surface area (Å²) >= 11 is 0. The molecule has 1 aliphatic rings. The van der Waals surface area contributed by atoms with Gasteiger partial charge in [-0.2, -0.15) is 0 Å². The van der Waals surface area contributed by atoms with E-state index < -0.39 is 41.0 Å². The van der Waals surface area contributed by atoms with Crippen LogP contribution in [-0.4, -0.2) is 113 Å². The summed E-state index contributed by atoms with van der Waals surface area (Å²) in [6.45, 7) is 25.8. The summed E-state index contributed by atoms with van der Waals surface area (Å²) in [6.07, 6.45) is -0.684. The van der Waals surface area contributed by atoms with Crippen molar-refractivity contribution in [2.45, 2.75) is 107 Å². The Bertz CT molecular complexity index is 954. The number of hydrogen-bond acceptors (Lipinski definition) is 10. The molecule has 3 amide bonds. The van der Waals surface area contributed by atoms with Crippen LogP contribution in [0.2, 0.25) is 0 Å². The predicted molar refractivity (Wildman–Crippen MR) is 163 cm³/mol. The molecule has 1 heterocycles. The standard InChI is InChI=1S/C31H56N4O8/c1-28(2,3)21-33(22-29(4,5)6)16-15-32(19-26(39)43-35-23(36)13-14-24(35)37)17-18-34(27(40)42-31(10,11)12)20-25(38)41-30(7,8)9/h13-22H2,1-12H3. The van der Waals surface area contributed by atoms with Gasteiger partial charge in [0.2, 0.25) is 0 Å². The van der Waals surface area contributed by atoms with Crippen molar-refractivity contribution in [3.63, 3.8) is 0 Å².